The van der Waals surface area contributed by atoms with E-state index in [9.17, 15) is 15.0 Å². The molecule has 6 fully saturated rings. The lowest BCUT2D eigenvalue weighted by Crippen LogP contribution is -2.49. The van der Waals surface area contributed by atoms with Gasteiger partial charge in [-0.05, 0) is 107 Å². The first-order valence-corrected chi connectivity index (χ1v) is 16.9. The van der Waals surface area contributed by atoms with Crippen molar-refractivity contribution in [1.29, 1.82) is 0 Å². The highest BCUT2D eigenvalue weighted by molar-refractivity contribution is 5.82. The van der Waals surface area contributed by atoms with E-state index < -0.39 is 24.2 Å². The Morgan fingerprint density at radius 3 is 2.55 bits per heavy atom. The highest BCUT2D eigenvalue weighted by Gasteiger charge is 2.50. The maximum atomic E-state index is 13.6. The van der Waals surface area contributed by atoms with Gasteiger partial charge in [0.05, 0.1) is 24.9 Å². The number of rotatable bonds is 9. The van der Waals surface area contributed by atoms with Crippen molar-refractivity contribution in [2.24, 2.45) is 35.5 Å². The minimum Gasteiger partial charge on any atom is -0.396 e. The summed E-state index contributed by atoms with van der Waals surface area (Å²) < 4.78 is 6.55. The number of carbonyl (C=O) groups is 1. The molecule has 10 atom stereocenters. The van der Waals surface area contributed by atoms with Crippen LogP contribution in [0.4, 0.5) is 0 Å². The normalized spacial score (nSPS) is 44.7. The Hall–Kier alpha value is -0.770. The molecule has 6 aliphatic rings. The Balaban J connectivity index is 1.02. The van der Waals surface area contributed by atoms with Gasteiger partial charge in [0.15, 0.2) is 0 Å². The van der Waals surface area contributed by atoms with E-state index in [1.54, 1.807) is 6.92 Å². The van der Waals surface area contributed by atoms with Crippen molar-refractivity contribution in [2.45, 2.75) is 133 Å². The summed E-state index contributed by atoms with van der Waals surface area (Å²) in [5.74, 6) is 2.78. The molecule has 3 aliphatic carbocycles. The average molecular weight is 562 g/mol. The Morgan fingerprint density at radius 1 is 1.00 bits per heavy atom. The first-order valence-electron chi connectivity index (χ1n) is 16.9. The van der Waals surface area contributed by atoms with Crippen molar-refractivity contribution in [3.63, 3.8) is 0 Å². The number of hydrogen-bond donors (Lipinski definition) is 4. The lowest BCUT2D eigenvalue weighted by Gasteiger charge is -2.34. The summed E-state index contributed by atoms with van der Waals surface area (Å²) in [6.45, 7) is 3.92. The Labute approximate surface area is 241 Å². The fourth-order valence-corrected chi connectivity index (χ4v) is 9.56. The van der Waals surface area contributed by atoms with Crippen LogP contribution in [0.3, 0.4) is 0 Å². The molecule has 0 aromatic carbocycles. The van der Waals surface area contributed by atoms with Gasteiger partial charge in [0.2, 0.25) is 5.91 Å². The van der Waals surface area contributed by atoms with Crippen LogP contribution in [-0.4, -0.2) is 83.9 Å². The molecule has 1 amide bonds. The van der Waals surface area contributed by atoms with Gasteiger partial charge < -0.3 is 25.6 Å². The third kappa shape index (κ3) is 6.28. The van der Waals surface area contributed by atoms with E-state index in [2.05, 4.69) is 10.6 Å². The van der Waals surface area contributed by atoms with Crippen molar-refractivity contribution in [2.75, 3.05) is 26.2 Å². The van der Waals surface area contributed by atoms with Crippen molar-refractivity contribution >= 4 is 5.91 Å². The number of ether oxygens (including phenoxy) is 1. The quantitative estimate of drug-likeness (QED) is 0.342. The lowest BCUT2D eigenvalue weighted by molar-refractivity contribution is -0.193. The molecule has 0 aromatic rings. The molecule has 3 saturated carbocycles. The number of carbonyl (C=O) groups excluding carboxylic acids is 1. The Bertz CT molecular complexity index is 821. The molecule has 228 valence electrons. The second kappa shape index (κ2) is 13.3. The minimum atomic E-state index is -0.746. The number of fused-ring (bicyclic) bond motifs is 2. The minimum absolute atomic E-state index is 0.0657. The van der Waals surface area contributed by atoms with Crippen LogP contribution < -0.4 is 10.6 Å². The summed E-state index contributed by atoms with van der Waals surface area (Å²) in [5.41, 5.74) is 0. The summed E-state index contributed by atoms with van der Waals surface area (Å²) in [5, 5.41) is 29.5. The maximum Gasteiger partial charge on any atom is 0.240 e. The highest BCUT2D eigenvalue weighted by Crippen LogP contribution is 2.44. The number of nitrogens with one attached hydrogen (secondary N) is 2. The summed E-state index contributed by atoms with van der Waals surface area (Å²) in [6.07, 6.45) is 17.0. The molecule has 8 heteroatoms. The van der Waals surface area contributed by atoms with E-state index >= 15 is 0 Å². The van der Waals surface area contributed by atoms with Gasteiger partial charge in [-0.15, -0.1) is 0 Å². The molecule has 3 saturated heterocycles. The van der Waals surface area contributed by atoms with Crippen LogP contribution in [0, 0.1) is 35.5 Å². The molecule has 0 spiro atoms. The molecule has 40 heavy (non-hydrogen) atoms. The van der Waals surface area contributed by atoms with Crippen molar-refractivity contribution in [1.82, 2.24) is 15.7 Å². The lowest BCUT2D eigenvalue weighted by atomic mass is 9.77. The SMILES string of the molecule is C[C@H](O)C1ON(CC2CCC(C3CC4CCCCC4O3)CC2)[C@H](C(=O)NCCC2CNC3CCCCC23)[C@@H]1CO. The van der Waals surface area contributed by atoms with Crippen LogP contribution in [0.5, 0.6) is 0 Å². The molecule has 4 N–H and O–H groups in total. The van der Waals surface area contributed by atoms with Crippen LogP contribution >= 0.6 is 0 Å². The van der Waals surface area contributed by atoms with Crippen LogP contribution in [-0.2, 0) is 14.4 Å². The van der Waals surface area contributed by atoms with Gasteiger partial charge >= 0.3 is 0 Å². The largest absolute Gasteiger partial charge is 0.396 e. The topological polar surface area (TPSA) is 103 Å². The Morgan fingerprint density at radius 2 is 1.77 bits per heavy atom. The van der Waals surface area contributed by atoms with Gasteiger partial charge in [-0.2, -0.15) is 5.06 Å². The van der Waals surface area contributed by atoms with Gasteiger partial charge in [-0.3, -0.25) is 9.63 Å². The van der Waals surface area contributed by atoms with Crippen LogP contribution in [0.2, 0.25) is 0 Å². The standard InChI is InChI=1S/C32H55N3O5/c1-20(37)31-26(19-36)30(32(38)33-15-14-24-17-34-27-8-4-3-7-25(24)27)35(40-31)18-21-10-12-22(13-11-21)29-16-23-6-2-5-9-28(23)39-29/h20-31,34,36-37H,2-19H2,1H3,(H,33,38)/t20-,21?,22?,23?,24?,25?,26-,27?,28?,29?,30-,31?/m0/s1. The number of amides is 1. The molecule has 3 heterocycles. The summed E-state index contributed by atoms with van der Waals surface area (Å²) in [6, 6.07) is 0.103. The van der Waals surface area contributed by atoms with E-state index in [4.69, 9.17) is 9.57 Å². The second-order valence-corrected chi connectivity index (χ2v) is 14.3. The third-order valence-corrected chi connectivity index (χ3v) is 11.8. The molecular weight excluding hydrogens is 506 g/mol. The fourth-order valence-electron chi connectivity index (χ4n) is 9.56. The zero-order valence-electron chi connectivity index (χ0n) is 24.7. The van der Waals surface area contributed by atoms with Gasteiger partial charge in [-0.1, -0.05) is 25.7 Å². The third-order valence-electron chi connectivity index (χ3n) is 11.8. The predicted molar refractivity (Wildman–Crippen MR) is 153 cm³/mol. The summed E-state index contributed by atoms with van der Waals surface area (Å²) in [4.78, 5) is 19.8. The molecule has 0 radical (unpaired) electrons. The molecule has 6 rings (SSSR count). The van der Waals surface area contributed by atoms with E-state index in [0.717, 1.165) is 37.6 Å². The van der Waals surface area contributed by atoms with Gasteiger partial charge in [0, 0.05) is 25.0 Å². The second-order valence-electron chi connectivity index (χ2n) is 14.3. The average Bonchev–Trinajstić information content (AvgIpc) is 3.68. The molecular formula is C32H55N3O5. The molecule has 0 bridgehead atoms. The zero-order chi connectivity index (χ0) is 27.6. The van der Waals surface area contributed by atoms with Crippen molar-refractivity contribution in [3.05, 3.63) is 0 Å². The van der Waals surface area contributed by atoms with E-state index in [1.807, 2.05) is 5.06 Å². The van der Waals surface area contributed by atoms with E-state index in [1.165, 1.54) is 70.6 Å². The van der Waals surface area contributed by atoms with E-state index in [-0.39, 0.29) is 12.5 Å². The maximum absolute atomic E-state index is 13.6. The molecule has 8 nitrogen and oxygen atoms in total. The molecule has 7 unspecified atom stereocenters. The van der Waals surface area contributed by atoms with Gasteiger partial charge in [-0.25, -0.2) is 0 Å². The van der Waals surface area contributed by atoms with Crippen LogP contribution in [0.15, 0.2) is 0 Å². The number of nitrogens with zero attached hydrogens (tertiary/aromatic N) is 1. The zero-order valence-corrected chi connectivity index (χ0v) is 24.7. The first-order chi connectivity index (χ1) is 19.5. The van der Waals surface area contributed by atoms with Gasteiger partial charge in [0.1, 0.15) is 12.1 Å². The summed E-state index contributed by atoms with van der Waals surface area (Å²) in [7, 11) is 0. The Kier molecular flexibility index (Phi) is 9.71. The van der Waals surface area contributed by atoms with Crippen LogP contribution in [0.1, 0.15) is 96.8 Å². The number of aliphatic hydroxyl groups is 2. The molecule has 0 aromatic heterocycles. The molecule has 3 aliphatic heterocycles. The number of hydroxylamine groups is 2. The smallest absolute Gasteiger partial charge is 0.240 e. The van der Waals surface area contributed by atoms with Crippen LogP contribution in [0.25, 0.3) is 0 Å². The first kappa shape index (κ1) is 29.3. The monoisotopic (exact) mass is 561 g/mol. The van der Waals surface area contributed by atoms with E-state index in [0.29, 0.717) is 49.1 Å². The highest BCUT2D eigenvalue weighted by atomic mass is 16.7. The van der Waals surface area contributed by atoms with Crippen molar-refractivity contribution < 1.29 is 24.6 Å². The fraction of sp³-hybridized carbons (Fsp3) is 0.969. The predicted octanol–water partition coefficient (Wildman–Crippen LogP) is 3.40. The van der Waals surface area contributed by atoms with Crippen molar-refractivity contribution in [3.8, 4) is 0 Å². The summed E-state index contributed by atoms with van der Waals surface area (Å²) >= 11 is 0. The number of hydrogen-bond acceptors (Lipinski definition) is 7. The van der Waals surface area contributed by atoms with Gasteiger partial charge in [0.25, 0.3) is 0 Å². The number of aliphatic hydroxyl groups excluding tert-OH is 2.